The second-order valence-electron chi connectivity index (χ2n) is 17.7. The van der Waals surface area contributed by atoms with Gasteiger partial charge >= 0.3 is 17.9 Å². The van der Waals surface area contributed by atoms with Gasteiger partial charge in [0.05, 0.1) is 0 Å². The molecule has 0 amide bonds. The monoisotopic (exact) mass is 977 g/mol. The van der Waals surface area contributed by atoms with E-state index < -0.39 is 12.1 Å². The molecule has 1 atom stereocenters. The molecule has 0 heterocycles. The van der Waals surface area contributed by atoms with Gasteiger partial charge in [-0.3, -0.25) is 14.4 Å². The largest absolute Gasteiger partial charge is 0.462 e. The third-order valence-electron chi connectivity index (χ3n) is 11.0. The molecule has 0 fully saturated rings. The molecule has 0 radical (unpaired) electrons. The first kappa shape index (κ1) is 66.0. The van der Waals surface area contributed by atoms with E-state index in [2.05, 4.69) is 167 Å². The topological polar surface area (TPSA) is 78.9 Å². The highest BCUT2D eigenvalue weighted by Crippen LogP contribution is 2.11. The van der Waals surface area contributed by atoms with Gasteiger partial charge in [-0.2, -0.15) is 0 Å². The maximum atomic E-state index is 12.8. The van der Waals surface area contributed by atoms with Gasteiger partial charge in [0, 0.05) is 19.3 Å². The second-order valence-corrected chi connectivity index (χ2v) is 17.7. The van der Waals surface area contributed by atoms with E-state index in [0.717, 1.165) is 116 Å². The van der Waals surface area contributed by atoms with Gasteiger partial charge in [0.15, 0.2) is 6.10 Å². The highest BCUT2D eigenvalue weighted by molar-refractivity contribution is 5.71. The first-order valence-electron chi connectivity index (χ1n) is 28.0. The Kier molecular flexibility index (Phi) is 53.6. The number of ether oxygens (including phenoxy) is 3. The van der Waals surface area contributed by atoms with Crippen molar-refractivity contribution in [1.29, 1.82) is 0 Å². The van der Waals surface area contributed by atoms with E-state index in [1.807, 2.05) is 12.2 Å². The van der Waals surface area contributed by atoms with Crippen LogP contribution in [-0.4, -0.2) is 37.2 Å². The summed E-state index contributed by atoms with van der Waals surface area (Å²) in [7, 11) is 0. The van der Waals surface area contributed by atoms with Crippen LogP contribution in [0.1, 0.15) is 213 Å². The molecule has 71 heavy (non-hydrogen) atoms. The Morgan fingerprint density at radius 2 is 0.592 bits per heavy atom. The van der Waals surface area contributed by atoms with Crippen molar-refractivity contribution in [3.05, 3.63) is 158 Å². The first-order chi connectivity index (χ1) is 35.0. The summed E-state index contributed by atoms with van der Waals surface area (Å²) in [6.07, 6.45) is 83.9. The van der Waals surface area contributed by atoms with Crippen LogP contribution in [0.25, 0.3) is 0 Å². The van der Waals surface area contributed by atoms with Crippen LogP contribution in [0.5, 0.6) is 0 Å². The summed E-state index contributed by atoms with van der Waals surface area (Å²) in [5.74, 6) is -1.11. The van der Waals surface area contributed by atoms with Crippen LogP contribution >= 0.6 is 0 Å². The molecule has 0 aliphatic carbocycles. The molecule has 396 valence electrons. The lowest BCUT2D eigenvalue weighted by atomic mass is 10.1. The van der Waals surface area contributed by atoms with Gasteiger partial charge in [0.2, 0.25) is 0 Å². The van der Waals surface area contributed by atoms with Crippen molar-refractivity contribution >= 4 is 17.9 Å². The summed E-state index contributed by atoms with van der Waals surface area (Å²) in [6, 6.07) is 0. The predicted molar refractivity (Wildman–Crippen MR) is 306 cm³/mol. The van der Waals surface area contributed by atoms with E-state index in [-0.39, 0.29) is 38.0 Å². The maximum absolute atomic E-state index is 12.8. The van der Waals surface area contributed by atoms with Crippen molar-refractivity contribution in [2.45, 2.75) is 219 Å². The molecule has 0 spiro atoms. The van der Waals surface area contributed by atoms with E-state index in [1.165, 1.54) is 44.9 Å². The SMILES string of the molecule is CC/C=C\C/C=C\C/C=C\C/C=C\C/C=C\C/C=C\CCC(=O)O[C@@H](COC(=O)CCC/C=C\C/C=C\C/C=C\CCCCCCCC)COC(=O)CCCCCC/C=C\C/C=C\C/C=C\C/C=C\CC. The smallest absolute Gasteiger partial charge is 0.306 e. The molecule has 0 aliphatic heterocycles. The molecule has 0 N–H and O–H groups in total. The predicted octanol–water partition coefficient (Wildman–Crippen LogP) is 19.0. The zero-order valence-corrected chi connectivity index (χ0v) is 45.2. The zero-order chi connectivity index (χ0) is 51.4. The average molecular weight is 978 g/mol. The first-order valence-corrected chi connectivity index (χ1v) is 28.0. The third kappa shape index (κ3) is 55.8. The summed E-state index contributed by atoms with van der Waals surface area (Å²) in [6.45, 7) is 6.26. The molecular formula is C65H100O6. The number of hydrogen-bond acceptors (Lipinski definition) is 6. The number of carbonyl (C=O) groups excluding carboxylic acids is 3. The quantitative estimate of drug-likeness (QED) is 0.0262. The number of unbranched alkanes of at least 4 members (excludes halogenated alkanes) is 11. The average Bonchev–Trinajstić information content (AvgIpc) is 3.37. The molecule has 0 aromatic rings. The van der Waals surface area contributed by atoms with Crippen molar-refractivity contribution in [2.75, 3.05) is 13.2 Å². The third-order valence-corrected chi connectivity index (χ3v) is 11.0. The van der Waals surface area contributed by atoms with Gasteiger partial charge < -0.3 is 14.2 Å². The van der Waals surface area contributed by atoms with E-state index in [9.17, 15) is 14.4 Å². The minimum Gasteiger partial charge on any atom is -0.462 e. The molecule has 0 saturated heterocycles. The van der Waals surface area contributed by atoms with Gasteiger partial charge in [-0.05, 0) is 128 Å². The van der Waals surface area contributed by atoms with Crippen LogP contribution in [0.15, 0.2) is 158 Å². The zero-order valence-electron chi connectivity index (χ0n) is 45.2. The number of allylic oxidation sites excluding steroid dienone is 26. The molecule has 0 bridgehead atoms. The molecule has 6 nitrogen and oxygen atoms in total. The maximum Gasteiger partial charge on any atom is 0.306 e. The van der Waals surface area contributed by atoms with Crippen molar-refractivity contribution in [3.8, 4) is 0 Å². The molecule has 0 saturated carbocycles. The molecule has 0 aromatic carbocycles. The Morgan fingerprint density at radius 1 is 0.296 bits per heavy atom. The van der Waals surface area contributed by atoms with Gasteiger partial charge in [-0.25, -0.2) is 0 Å². The number of carbonyl (C=O) groups is 3. The fourth-order valence-electron chi connectivity index (χ4n) is 6.89. The van der Waals surface area contributed by atoms with Gasteiger partial charge in [0.1, 0.15) is 13.2 Å². The Labute approximate surface area is 435 Å². The molecule has 0 rings (SSSR count). The molecule has 6 heteroatoms. The summed E-state index contributed by atoms with van der Waals surface area (Å²) < 4.78 is 16.7. The van der Waals surface area contributed by atoms with Crippen molar-refractivity contribution in [3.63, 3.8) is 0 Å². The Hall–Kier alpha value is -4.97. The van der Waals surface area contributed by atoms with Gasteiger partial charge in [-0.1, -0.05) is 224 Å². The normalized spacial score (nSPS) is 13.3. The fourth-order valence-corrected chi connectivity index (χ4v) is 6.89. The lowest BCUT2D eigenvalue weighted by molar-refractivity contribution is -0.166. The van der Waals surface area contributed by atoms with Crippen LogP contribution in [0.3, 0.4) is 0 Å². The lowest BCUT2D eigenvalue weighted by Gasteiger charge is -2.18. The van der Waals surface area contributed by atoms with Crippen molar-refractivity contribution in [2.24, 2.45) is 0 Å². The summed E-state index contributed by atoms with van der Waals surface area (Å²) in [4.78, 5) is 38.1. The highest BCUT2D eigenvalue weighted by Gasteiger charge is 2.19. The number of esters is 3. The molecule has 0 aliphatic rings. The summed E-state index contributed by atoms with van der Waals surface area (Å²) >= 11 is 0. The van der Waals surface area contributed by atoms with Crippen LogP contribution in [0, 0.1) is 0 Å². The van der Waals surface area contributed by atoms with Crippen LogP contribution < -0.4 is 0 Å². The highest BCUT2D eigenvalue weighted by atomic mass is 16.6. The van der Waals surface area contributed by atoms with E-state index in [0.29, 0.717) is 19.3 Å². The van der Waals surface area contributed by atoms with Crippen LogP contribution in [-0.2, 0) is 28.6 Å². The van der Waals surface area contributed by atoms with Crippen molar-refractivity contribution in [1.82, 2.24) is 0 Å². The molecule has 0 aromatic heterocycles. The summed E-state index contributed by atoms with van der Waals surface area (Å²) in [5, 5.41) is 0. The Balaban J connectivity index is 4.66. The Bertz CT molecular complexity index is 1640. The number of rotatable bonds is 48. The van der Waals surface area contributed by atoms with E-state index in [1.54, 1.807) is 0 Å². The standard InChI is InChI=1S/C65H100O6/c1-4-7-10-13-16-19-22-25-28-31-32-35-38-41-44-47-50-53-56-59-65(68)71-62(60-69-63(66)57-54-51-48-45-42-39-36-33-29-26-23-20-17-14-11-8-5-2)61-70-64(67)58-55-52-49-46-43-40-37-34-30-27-24-21-18-15-12-9-6-3/h7-8,10-11,16-17,19-20,25-30,32,35-37,39-41,44,46,49-50,53,62H,4-6,9,12-15,18,21-24,31,33-34,38,42-43,45,47-48,51-52,54-61H2,1-3H3/b10-7-,11-8-,19-16-,20-17-,28-25-,29-26-,30-27-,35-32-,39-36-,40-37-,44-41-,49-46-,53-50-/t62-/m1/s1. The minimum atomic E-state index is -0.858. The molecule has 0 unspecified atom stereocenters. The number of hydrogen-bond donors (Lipinski definition) is 0. The van der Waals surface area contributed by atoms with E-state index >= 15 is 0 Å². The Morgan fingerprint density at radius 3 is 0.972 bits per heavy atom. The van der Waals surface area contributed by atoms with Crippen LogP contribution in [0.2, 0.25) is 0 Å². The van der Waals surface area contributed by atoms with Crippen molar-refractivity contribution < 1.29 is 28.6 Å². The van der Waals surface area contributed by atoms with E-state index in [4.69, 9.17) is 14.2 Å². The van der Waals surface area contributed by atoms with Gasteiger partial charge in [0.25, 0.3) is 0 Å². The molecular weight excluding hydrogens is 877 g/mol. The fraction of sp³-hybridized carbons (Fsp3) is 0.554. The van der Waals surface area contributed by atoms with Crippen LogP contribution in [0.4, 0.5) is 0 Å². The second kappa shape index (κ2) is 57.6. The van der Waals surface area contributed by atoms with Gasteiger partial charge in [-0.15, -0.1) is 0 Å². The lowest BCUT2D eigenvalue weighted by Crippen LogP contribution is -2.30. The summed E-state index contributed by atoms with van der Waals surface area (Å²) in [5.41, 5.74) is 0. The minimum absolute atomic E-state index is 0.144.